The summed E-state index contributed by atoms with van der Waals surface area (Å²) in [6.45, 7) is 3.56. The maximum Gasteiger partial charge on any atom is 0.231 e. The number of fused-ring (bicyclic) bond motifs is 1. The first-order valence-electron chi connectivity index (χ1n) is 6.70. The van der Waals surface area contributed by atoms with Crippen molar-refractivity contribution in [1.82, 2.24) is 5.32 Å². The van der Waals surface area contributed by atoms with Crippen molar-refractivity contribution >= 4 is 0 Å². The number of rotatable bonds is 9. The molecule has 0 aromatic heterocycles. The number of benzene rings is 1. The number of phenolic OH excluding ortho intramolecular Hbond substituents is 1. The van der Waals surface area contributed by atoms with Crippen LogP contribution in [0.2, 0.25) is 0 Å². The van der Waals surface area contributed by atoms with Gasteiger partial charge in [0.1, 0.15) is 5.75 Å². The first-order chi connectivity index (χ1) is 9.81. The van der Waals surface area contributed by atoms with Crippen molar-refractivity contribution in [1.29, 1.82) is 0 Å². The lowest BCUT2D eigenvalue weighted by molar-refractivity contribution is 0.0694. The van der Waals surface area contributed by atoms with Crippen LogP contribution in [0.4, 0.5) is 0 Å². The van der Waals surface area contributed by atoms with E-state index in [1.807, 2.05) is 0 Å². The molecule has 1 aliphatic heterocycles. The van der Waals surface area contributed by atoms with E-state index < -0.39 is 0 Å². The van der Waals surface area contributed by atoms with Crippen molar-refractivity contribution < 1.29 is 24.1 Å². The van der Waals surface area contributed by atoms with Gasteiger partial charge in [-0.25, -0.2) is 0 Å². The molecule has 2 N–H and O–H groups in total. The van der Waals surface area contributed by atoms with Gasteiger partial charge >= 0.3 is 0 Å². The van der Waals surface area contributed by atoms with Crippen molar-refractivity contribution in [2.75, 3.05) is 40.3 Å². The molecule has 1 heterocycles. The van der Waals surface area contributed by atoms with E-state index >= 15 is 0 Å². The maximum absolute atomic E-state index is 9.86. The summed E-state index contributed by atoms with van der Waals surface area (Å²) in [5.41, 5.74) is 0.801. The van der Waals surface area contributed by atoms with Gasteiger partial charge in [-0.2, -0.15) is 0 Å². The third kappa shape index (κ3) is 4.26. The van der Waals surface area contributed by atoms with Gasteiger partial charge in [-0.1, -0.05) is 0 Å². The Hall–Kier alpha value is -1.50. The summed E-state index contributed by atoms with van der Waals surface area (Å²) in [6, 6.07) is 3.40. The molecule has 0 saturated carbocycles. The van der Waals surface area contributed by atoms with Gasteiger partial charge in [0.15, 0.2) is 11.5 Å². The molecule has 1 aromatic rings. The van der Waals surface area contributed by atoms with Crippen LogP contribution in [0.15, 0.2) is 12.1 Å². The molecule has 0 atom stereocenters. The van der Waals surface area contributed by atoms with Crippen molar-refractivity contribution in [3.63, 3.8) is 0 Å². The molecule has 112 valence electrons. The summed E-state index contributed by atoms with van der Waals surface area (Å²) in [5.74, 6) is 1.50. The predicted octanol–water partition coefficient (Wildman–Crippen LogP) is 1.26. The summed E-state index contributed by atoms with van der Waals surface area (Å²) < 4.78 is 20.7. The SMILES string of the molecule is COCCOCCCNCc1cc2c(cc1O)OCO2. The van der Waals surface area contributed by atoms with Gasteiger partial charge in [-0.05, 0) is 19.0 Å². The minimum absolute atomic E-state index is 0.213. The molecule has 20 heavy (non-hydrogen) atoms. The third-order valence-corrected chi connectivity index (χ3v) is 2.96. The fraction of sp³-hybridized carbons (Fsp3) is 0.571. The average molecular weight is 283 g/mol. The maximum atomic E-state index is 9.86. The normalized spacial score (nSPS) is 12.8. The van der Waals surface area contributed by atoms with Crippen LogP contribution in [0.3, 0.4) is 0 Å². The molecule has 0 aliphatic carbocycles. The second-order valence-corrected chi connectivity index (χ2v) is 4.47. The highest BCUT2D eigenvalue weighted by Crippen LogP contribution is 2.37. The Morgan fingerprint density at radius 3 is 2.80 bits per heavy atom. The highest BCUT2D eigenvalue weighted by atomic mass is 16.7. The van der Waals surface area contributed by atoms with Crippen LogP contribution in [0.5, 0.6) is 17.2 Å². The minimum Gasteiger partial charge on any atom is -0.507 e. The summed E-state index contributed by atoms with van der Waals surface area (Å²) in [4.78, 5) is 0. The second kappa shape index (κ2) is 7.94. The van der Waals surface area contributed by atoms with Gasteiger partial charge in [0.2, 0.25) is 6.79 Å². The first-order valence-corrected chi connectivity index (χ1v) is 6.70. The van der Waals surface area contributed by atoms with Gasteiger partial charge in [0.25, 0.3) is 0 Å². The molecule has 0 amide bonds. The molecule has 0 radical (unpaired) electrons. The van der Waals surface area contributed by atoms with E-state index in [9.17, 15) is 5.11 Å². The van der Waals surface area contributed by atoms with Crippen LogP contribution in [-0.4, -0.2) is 45.4 Å². The van der Waals surface area contributed by atoms with Gasteiger partial charge in [0.05, 0.1) is 13.2 Å². The van der Waals surface area contributed by atoms with E-state index in [-0.39, 0.29) is 12.5 Å². The zero-order valence-corrected chi connectivity index (χ0v) is 11.7. The summed E-state index contributed by atoms with van der Waals surface area (Å²) in [7, 11) is 1.66. The number of methoxy groups -OCH3 is 1. The summed E-state index contributed by atoms with van der Waals surface area (Å²) in [5, 5.41) is 13.1. The zero-order valence-electron chi connectivity index (χ0n) is 11.7. The molecule has 6 nitrogen and oxygen atoms in total. The average Bonchev–Trinajstić information content (AvgIpc) is 2.88. The number of aromatic hydroxyl groups is 1. The Morgan fingerprint density at radius 2 is 2.00 bits per heavy atom. The quantitative estimate of drug-likeness (QED) is 0.665. The van der Waals surface area contributed by atoms with Crippen molar-refractivity contribution in [2.24, 2.45) is 0 Å². The predicted molar refractivity (Wildman–Crippen MR) is 73.2 cm³/mol. The fourth-order valence-electron chi connectivity index (χ4n) is 1.88. The molecule has 1 aliphatic rings. The molecule has 0 bridgehead atoms. The number of phenols is 1. The zero-order chi connectivity index (χ0) is 14.2. The van der Waals surface area contributed by atoms with E-state index in [4.69, 9.17) is 18.9 Å². The molecule has 0 saturated heterocycles. The Bertz CT molecular complexity index is 424. The van der Waals surface area contributed by atoms with E-state index in [2.05, 4.69) is 5.32 Å². The monoisotopic (exact) mass is 283 g/mol. The Labute approximate surface area is 118 Å². The van der Waals surface area contributed by atoms with Crippen molar-refractivity contribution in [3.05, 3.63) is 17.7 Å². The van der Waals surface area contributed by atoms with Crippen LogP contribution in [-0.2, 0) is 16.0 Å². The van der Waals surface area contributed by atoms with Gasteiger partial charge in [-0.3, -0.25) is 0 Å². The van der Waals surface area contributed by atoms with Crippen LogP contribution in [0.25, 0.3) is 0 Å². The second-order valence-electron chi connectivity index (χ2n) is 4.47. The minimum atomic E-state index is 0.213. The summed E-state index contributed by atoms with van der Waals surface area (Å²) >= 11 is 0. The smallest absolute Gasteiger partial charge is 0.231 e. The molecule has 2 rings (SSSR count). The van der Waals surface area contributed by atoms with E-state index in [0.717, 1.165) is 18.5 Å². The molecule has 6 heteroatoms. The van der Waals surface area contributed by atoms with Crippen LogP contribution in [0.1, 0.15) is 12.0 Å². The third-order valence-electron chi connectivity index (χ3n) is 2.96. The lowest BCUT2D eigenvalue weighted by Gasteiger charge is -2.08. The van der Waals surface area contributed by atoms with Gasteiger partial charge in [0, 0.05) is 31.9 Å². The highest BCUT2D eigenvalue weighted by Gasteiger charge is 2.16. The topological polar surface area (TPSA) is 69.2 Å². The first kappa shape index (κ1) is 14.9. The molecular weight excluding hydrogens is 262 g/mol. The van der Waals surface area contributed by atoms with Crippen LogP contribution < -0.4 is 14.8 Å². The standard InChI is InChI=1S/C14H21NO5/c1-17-5-6-18-4-2-3-15-9-11-7-13-14(8-12(11)16)20-10-19-13/h7-8,15-16H,2-6,9-10H2,1H3. The number of ether oxygens (including phenoxy) is 4. The number of hydrogen-bond donors (Lipinski definition) is 2. The Kier molecular flexibility index (Phi) is 5.91. The molecular formula is C14H21NO5. The Morgan fingerprint density at radius 1 is 1.20 bits per heavy atom. The lowest BCUT2D eigenvalue weighted by Crippen LogP contribution is -2.17. The molecule has 0 unspecified atom stereocenters. The van der Waals surface area contributed by atoms with Crippen LogP contribution in [0, 0.1) is 0 Å². The fourth-order valence-corrected chi connectivity index (χ4v) is 1.88. The lowest BCUT2D eigenvalue weighted by atomic mass is 10.1. The number of nitrogens with one attached hydrogen (secondary N) is 1. The summed E-state index contributed by atoms with van der Waals surface area (Å²) in [6.07, 6.45) is 0.912. The largest absolute Gasteiger partial charge is 0.507 e. The van der Waals surface area contributed by atoms with Gasteiger partial charge < -0.3 is 29.4 Å². The Balaban J connectivity index is 1.64. The van der Waals surface area contributed by atoms with E-state index in [1.54, 1.807) is 19.2 Å². The molecule has 1 aromatic carbocycles. The molecule has 0 fully saturated rings. The van der Waals surface area contributed by atoms with Crippen molar-refractivity contribution in [2.45, 2.75) is 13.0 Å². The van der Waals surface area contributed by atoms with Crippen molar-refractivity contribution in [3.8, 4) is 17.2 Å². The van der Waals surface area contributed by atoms with Crippen LogP contribution >= 0.6 is 0 Å². The number of hydrogen-bond acceptors (Lipinski definition) is 6. The van der Waals surface area contributed by atoms with E-state index in [0.29, 0.717) is 37.9 Å². The molecule has 0 spiro atoms. The van der Waals surface area contributed by atoms with Gasteiger partial charge in [-0.15, -0.1) is 0 Å². The highest BCUT2D eigenvalue weighted by molar-refractivity contribution is 5.51. The van der Waals surface area contributed by atoms with E-state index in [1.165, 1.54) is 0 Å².